The predicted molar refractivity (Wildman–Crippen MR) is 86.6 cm³/mol. The van der Waals surface area contributed by atoms with Crippen LogP contribution in [0.4, 0.5) is 0 Å². The number of hydrogen-bond donors (Lipinski definition) is 1. The highest BCUT2D eigenvalue weighted by atomic mass is 79.9. The van der Waals surface area contributed by atoms with Crippen molar-refractivity contribution >= 4 is 38.5 Å². The maximum absolute atomic E-state index is 12.3. The first-order valence-electron chi connectivity index (χ1n) is 6.17. The Hall–Kier alpha value is -2.05. The Balaban J connectivity index is 2.27. The zero-order chi connectivity index (χ0) is 15.9. The summed E-state index contributed by atoms with van der Waals surface area (Å²) in [5.41, 5.74) is 0.504. The van der Waals surface area contributed by atoms with Crippen LogP contribution in [-0.2, 0) is 0 Å². The van der Waals surface area contributed by atoms with Crippen LogP contribution in [0.25, 0.3) is 22.4 Å². The number of aromatic hydroxyl groups is 1. The van der Waals surface area contributed by atoms with Crippen LogP contribution in [-0.4, -0.2) is 17.2 Å². The van der Waals surface area contributed by atoms with Gasteiger partial charge in [0.1, 0.15) is 5.69 Å². The lowest BCUT2D eigenvalue weighted by Gasteiger charge is -2.07. The first kappa shape index (κ1) is 14.9. The van der Waals surface area contributed by atoms with Gasteiger partial charge in [0.15, 0.2) is 22.5 Å². The molecular formula is C15H9BrClNO4. The highest BCUT2D eigenvalue weighted by molar-refractivity contribution is 9.10. The molecule has 7 heteroatoms. The molecule has 1 aromatic carbocycles. The van der Waals surface area contributed by atoms with E-state index in [1.54, 1.807) is 12.1 Å². The molecule has 3 aromatic rings. The molecule has 0 atom stereocenters. The minimum atomic E-state index is -0.242. The fourth-order valence-corrected chi connectivity index (χ4v) is 2.92. The number of hydrogen-bond acceptors (Lipinski definition) is 5. The van der Waals surface area contributed by atoms with Gasteiger partial charge in [-0.15, -0.1) is 0 Å². The van der Waals surface area contributed by atoms with Gasteiger partial charge < -0.3 is 14.3 Å². The number of ether oxygens (including phenoxy) is 1. The number of benzene rings is 1. The summed E-state index contributed by atoms with van der Waals surface area (Å²) >= 11 is 9.27. The SMILES string of the molecule is COc1nc(-c2cc(=O)c3cc(Cl)cc(Br)c3o2)ccc1O. The molecule has 0 aliphatic rings. The van der Waals surface area contributed by atoms with Crippen LogP contribution < -0.4 is 10.2 Å². The molecule has 5 nitrogen and oxygen atoms in total. The first-order chi connectivity index (χ1) is 10.5. The topological polar surface area (TPSA) is 72.6 Å². The summed E-state index contributed by atoms with van der Waals surface area (Å²) in [6.45, 7) is 0. The van der Waals surface area contributed by atoms with Gasteiger partial charge in [-0.05, 0) is 40.2 Å². The minimum absolute atomic E-state index is 0.0513. The van der Waals surface area contributed by atoms with Crippen LogP contribution in [0.3, 0.4) is 0 Å². The fourth-order valence-electron chi connectivity index (χ4n) is 2.03. The van der Waals surface area contributed by atoms with Crippen LogP contribution in [0.1, 0.15) is 0 Å². The van der Waals surface area contributed by atoms with E-state index in [2.05, 4.69) is 20.9 Å². The Bertz CT molecular complexity index is 939. The number of nitrogens with zero attached hydrogens (tertiary/aromatic N) is 1. The standard InChI is InChI=1S/C15H9BrClNO4/c1-21-15-11(19)3-2-10(18-15)13-6-12(20)8-4-7(17)5-9(16)14(8)22-13/h2-6,19H,1H3. The molecule has 2 heterocycles. The van der Waals surface area contributed by atoms with Gasteiger partial charge in [0, 0.05) is 11.1 Å². The van der Waals surface area contributed by atoms with E-state index in [4.69, 9.17) is 20.8 Å². The normalized spacial score (nSPS) is 10.9. The van der Waals surface area contributed by atoms with E-state index in [-0.39, 0.29) is 22.8 Å². The Morgan fingerprint density at radius 2 is 2.09 bits per heavy atom. The summed E-state index contributed by atoms with van der Waals surface area (Å²) in [6.07, 6.45) is 0. The molecule has 0 bridgehead atoms. The summed E-state index contributed by atoms with van der Waals surface area (Å²) in [4.78, 5) is 16.4. The van der Waals surface area contributed by atoms with Crippen molar-refractivity contribution in [2.45, 2.75) is 0 Å². The molecule has 0 saturated heterocycles. The van der Waals surface area contributed by atoms with Crippen molar-refractivity contribution in [3.8, 4) is 23.1 Å². The van der Waals surface area contributed by atoms with E-state index in [1.165, 1.54) is 25.3 Å². The second-order valence-corrected chi connectivity index (χ2v) is 5.75. The number of aromatic nitrogens is 1. The van der Waals surface area contributed by atoms with Crippen LogP contribution in [0.2, 0.25) is 5.02 Å². The zero-order valence-corrected chi connectivity index (χ0v) is 13.6. The minimum Gasteiger partial charge on any atom is -0.503 e. The van der Waals surface area contributed by atoms with Crippen molar-refractivity contribution < 1.29 is 14.3 Å². The van der Waals surface area contributed by atoms with E-state index < -0.39 is 0 Å². The van der Waals surface area contributed by atoms with Crippen molar-refractivity contribution in [1.29, 1.82) is 0 Å². The molecule has 0 aliphatic carbocycles. The van der Waals surface area contributed by atoms with Gasteiger partial charge >= 0.3 is 0 Å². The number of rotatable bonds is 2. The number of pyridine rings is 1. The van der Waals surface area contributed by atoms with Crippen molar-refractivity contribution in [2.75, 3.05) is 7.11 Å². The highest BCUT2D eigenvalue weighted by Crippen LogP contribution is 2.31. The third-order valence-corrected chi connectivity index (χ3v) is 3.84. The van der Waals surface area contributed by atoms with Crippen LogP contribution >= 0.6 is 27.5 Å². The molecule has 0 unspecified atom stereocenters. The molecule has 1 N–H and O–H groups in total. The van der Waals surface area contributed by atoms with Gasteiger partial charge in [-0.2, -0.15) is 0 Å². The van der Waals surface area contributed by atoms with Crippen molar-refractivity contribution in [1.82, 2.24) is 4.98 Å². The monoisotopic (exact) mass is 381 g/mol. The highest BCUT2D eigenvalue weighted by Gasteiger charge is 2.13. The predicted octanol–water partition coefficient (Wildman–Crippen LogP) is 3.99. The van der Waals surface area contributed by atoms with E-state index in [0.717, 1.165) is 0 Å². The summed E-state index contributed by atoms with van der Waals surface area (Å²) in [5, 5.41) is 10.4. The van der Waals surface area contributed by atoms with Gasteiger partial charge in [0.25, 0.3) is 5.88 Å². The maximum Gasteiger partial charge on any atom is 0.257 e. The van der Waals surface area contributed by atoms with Crippen LogP contribution in [0.5, 0.6) is 11.6 Å². The van der Waals surface area contributed by atoms with Crippen LogP contribution in [0.15, 0.2) is 44.0 Å². The maximum atomic E-state index is 12.3. The molecule has 0 radical (unpaired) electrons. The van der Waals surface area contributed by atoms with E-state index >= 15 is 0 Å². The van der Waals surface area contributed by atoms with Gasteiger partial charge in [0.2, 0.25) is 0 Å². The Labute approximate surface area is 138 Å². The second kappa shape index (κ2) is 5.62. The number of methoxy groups -OCH3 is 1. The average molecular weight is 383 g/mol. The second-order valence-electron chi connectivity index (χ2n) is 4.46. The average Bonchev–Trinajstić information content (AvgIpc) is 2.48. The largest absolute Gasteiger partial charge is 0.503 e. The lowest BCUT2D eigenvalue weighted by molar-refractivity contribution is 0.359. The molecule has 0 saturated carbocycles. The van der Waals surface area contributed by atoms with E-state index in [9.17, 15) is 9.90 Å². The molecular weight excluding hydrogens is 374 g/mol. The smallest absolute Gasteiger partial charge is 0.257 e. The summed E-state index contributed by atoms with van der Waals surface area (Å²) < 4.78 is 11.3. The van der Waals surface area contributed by atoms with Gasteiger partial charge in [0.05, 0.1) is 17.0 Å². The number of halogens is 2. The van der Waals surface area contributed by atoms with Gasteiger partial charge in [-0.1, -0.05) is 11.6 Å². The molecule has 112 valence electrons. The van der Waals surface area contributed by atoms with E-state index in [1.807, 2.05) is 0 Å². The Morgan fingerprint density at radius 3 is 2.82 bits per heavy atom. The third-order valence-electron chi connectivity index (χ3n) is 3.03. The van der Waals surface area contributed by atoms with Crippen LogP contribution in [0, 0.1) is 0 Å². The Kier molecular flexibility index (Phi) is 3.80. The lowest BCUT2D eigenvalue weighted by Crippen LogP contribution is -2.01. The first-order valence-corrected chi connectivity index (χ1v) is 7.34. The summed E-state index contributed by atoms with van der Waals surface area (Å²) in [5.74, 6) is 0.219. The van der Waals surface area contributed by atoms with Gasteiger partial charge in [-0.3, -0.25) is 4.79 Å². The lowest BCUT2D eigenvalue weighted by atomic mass is 10.2. The number of fused-ring (bicyclic) bond motifs is 1. The summed E-state index contributed by atoms with van der Waals surface area (Å²) in [6, 6.07) is 7.46. The molecule has 0 fully saturated rings. The Morgan fingerprint density at radius 1 is 1.32 bits per heavy atom. The molecule has 0 aliphatic heterocycles. The fraction of sp³-hybridized carbons (Fsp3) is 0.0667. The van der Waals surface area contributed by atoms with E-state index in [0.29, 0.717) is 26.2 Å². The molecule has 22 heavy (non-hydrogen) atoms. The van der Waals surface area contributed by atoms with Gasteiger partial charge in [-0.25, -0.2) is 4.98 Å². The molecule has 0 amide bonds. The third kappa shape index (κ3) is 2.55. The van der Waals surface area contributed by atoms with Crippen molar-refractivity contribution in [3.05, 3.63) is 50.1 Å². The quantitative estimate of drug-likeness (QED) is 0.725. The molecule has 0 spiro atoms. The van der Waals surface area contributed by atoms with Crippen molar-refractivity contribution in [3.63, 3.8) is 0 Å². The summed E-state index contributed by atoms with van der Waals surface area (Å²) in [7, 11) is 1.39. The van der Waals surface area contributed by atoms with Crippen molar-refractivity contribution in [2.24, 2.45) is 0 Å². The zero-order valence-electron chi connectivity index (χ0n) is 11.3. The molecule has 2 aromatic heterocycles. The molecule has 3 rings (SSSR count).